The Kier molecular flexibility index (Phi) is 3.69. The molecule has 1 aliphatic heterocycles. The largest absolute Gasteiger partial charge is 0.340 e. The summed E-state index contributed by atoms with van der Waals surface area (Å²) in [4.78, 5) is 47.7. The summed E-state index contributed by atoms with van der Waals surface area (Å²) in [6.07, 6.45) is 1.97. The van der Waals surface area contributed by atoms with Gasteiger partial charge in [0.15, 0.2) is 0 Å². The highest BCUT2D eigenvalue weighted by atomic mass is 16.2. The molecule has 0 saturated carbocycles. The molecule has 0 bridgehead atoms. The maximum absolute atomic E-state index is 12.0. The van der Waals surface area contributed by atoms with Gasteiger partial charge in [-0.1, -0.05) is 0 Å². The van der Waals surface area contributed by atoms with E-state index in [0.717, 1.165) is 4.90 Å². The Morgan fingerprint density at radius 3 is 2.65 bits per heavy atom. The minimum absolute atomic E-state index is 0.195. The second-order valence-electron chi connectivity index (χ2n) is 4.72. The molecular weight excluding hydrogens is 262 g/mol. The van der Waals surface area contributed by atoms with Crippen molar-refractivity contribution >= 4 is 17.7 Å². The number of piperidine rings is 1. The van der Waals surface area contributed by atoms with Crippen molar-refractivity contribution in [2.45, 2.75) is 18.9 Å². The summed E-state index contributed by atoms with van der Waals surface area (Å²) in [5, 5.41) is 2.55. The Bertz CT molecular complexity index is 635. The van der Waals surface area contributed by atoms with Crippen molar-refractivity contribution in [1.29, 1.82) is 0 Å². The monoisotopic (exact) mass is 277 g/mol. The van der Waals surface area contributed by atoms with E-state index in [1.165, 1.54) is 29.9 Å². The molecule has 1 saturated heterocycles. The van der Waals surface area contributed by atoms with Gasteiger partial charge in [-0.05, 0) is 12.5 Å². The Balaban J connectivity index is 2.11. The standard InChI is InChI=1S/C13H15N3O4/c1-15-6-5-8(7-11(15)18)12(19)14-9-3-4-10(17)16(2)13(9)20/h5-7,9H,3-4H2,1-2H3,(H,14,19). The van der Waals surface area contributed by atoms with Crippen LogP contribution < -0.4 is 10.9 Å². The fourth-order valence-corrected chi connectivity index (χ4v) is 1.98. The molecule has 20 heavy (non-hydrogen) atoms. The summed E-state index contributed by atoms with van der Waals surface area (Å²) in [5.41, 5.74) is -0.111. The number of carbonyl (C=O) groups excluding carboxylic acids is 3. The molecule has 1 aromatic rings. The molecule has 1 N–H and O–H groups in total. The number of hydrogen-bond donors (Lipinski definition) is 1. The van der Waals surface area contributed by atoms with E-state index in [0.29, 0.717) is 0 Å². The van der Waals surface area contributed by atoms with Crippen LogP contribution in [0.15, 0.2) is 23.1 Å². The van der Waals surface area contributed by atoms with E-state index >= 15 is 0 Å². The molecule has 0 spiro atoms. The normalized spacial score (nSPS) is 19.1. The summed E-state index contributed by atoms with van der Waals surface area (Å²) in [6, 6.07) is 1.98. The van der Waals surface area contributed by atoms with Gasteiger partial charge in [-0.3, -0.25) is 24.1 Å². The predicted octanol–water partition coefficient (Wildman–Crippen LogP) is -0.738. The van der Waals surface area contributed by atoms with Crippen LogP contribution >= 0.6 is 0 Å². The first-order valence-corrected chi connectivity index (χ1v) is 6.18. The number of nitrogens with zero attached hydrogens (tertiary/aromatic N) is 2. The van der Waals surface area contributed by atoms with Gasteiger partial charge in [0.05, 0.1) is 0 Å². The SMILES string of the molecule is CN1C(=O)CCC(NC(=O)c2ccn(C)c(=O)c2)C1=O. The molecule has 3 amide bonds. The zero-order valence-corrected chi connectivity index (χ0v) is 11.3. The number of pyridine rings is 1. The highest BCUT2D eigenvalue weighted by molar-refractivity contribution is 6.03. The number of rotatable bonds is 2. The van der Waals surface area contributed by atoms with Gasteiger partial charge in [0, 0.05) is 38.3 Å². The Labute approximate surface area is 115 Å². The number of carbonyl (C=O) groups is 3. The Hall–Kier alpha value is -2.44. The molecule has 0 aromatic carbocycles. The quantitative estimate of drug-likeness (QED) is 0.721. The second-order valence-corrected chi connectivity index (χ2v) is 4.72. The fraction of sp³-hybridized carbons (Fsp3) is 0.385. The number of aromatic nitrogens is 1. The third-order valence-electron chi connectivity index (χ3n) is 3.32. The van der Waals surface area contributed by atoms with Crippen molar-refractivity contribution in [2.24, 2.45) is 7.05 Å². The summed E-state index contributed by atoms with van der Waals surface area (Å²) < 4.78 is 1.34. The van der Waals surface area contributed by atoms with Crippen LogP contribution in [0.2, 0.25) is 0 Å². The maximum atomic E-state index is 12.0. The molecule has 2 rings (SSSR count). The van der Waals surface area contributed by atoms with Gasteiger partial charge < -0.3 is 9.88 Å². The van der Waals surface area contributed by atoms with E-state index in [1.54, 1.807) is 7.05 Å². The average molecular weight is 277 g/mol. The van der Waals surface area contributed by atoms with Gasteiger partial charge in [0.1, 0.15) is 6.04 Å². The van der Waals surface area contributed by atoms with E-state index in [-0.39, 0.29) is 29.9 Å². The summed E-state index contributed by atoms with van der Waals surface area (Å²) in [5.74, 6) is -1.18. The van der Waals surface area contributed by atoms with Crippen LogP contribution in [0.4, 0.5) is 0 Å². The van der Waals surface area contributed by atoms with Gasteiger partial charge in [0.2, 0.25) is 5.91 Å². The van der Waals surface area contributed by atoms with Crippen LogP contribution in [-0.2, 0) is 16.6 Å². The van der Waals surface area contributed by atoms with E-state index in [2.05, 4.69) is 5.32 Å². The molecule has 1 aromatic heterocycles. The van der Waals surface area contributed by atoms with Gasteiger partial charge in [-0.2, -0.15) is 0 Å². The first-order chi connectivity index (χ1) is 9.40. The predicted molar refractivity (Wildman–Crippen MR) is 69.9 cm³/mol. The molecule has 1 atom stereocenters. The van der Waals surface area contributed by atoms with E-state index in [4.69, 9.17) is 0 Å². The smallest absolute Gasteiger partial charge is 0.252 e. The van der Waals surface area contributed by atoms with Crippen LogP contribution in [0.5, 0.6) is 0 Å². The van der Waals surface area contributed by atoms with Crippen molar-refractivity contribution in [3.05, 3.63) is 34.2 Å². The van der Waals surface area contributed by atoms with Gasteiger partial charge in [-0.15, -0.1) is 0 Å². The molecule has 7 heteroatoms. The Morgan fingerprint density at radius 1 is 1.30 bits per heavy atom. The van der Waals surface area contributed by atoms with Gasteiger partial charge >= 0.3 is 0 Å². The number of likely N-dealkylation sites (N-methyl/N-ethyl adjacent to an activating group) is 1. The molecule has 0 radical (unpaired) electrons. The first kappa shape index (κ1) is 14.0. The molecular formula is C13H15N3O4. The Morgan fingerprint density at radius 2 is 2.00 bits per heavy atom. The van der Waals surface area contributed by atoms with Crippen LogP contribution in [0, 0.1) is 0 Å². The lowest BCUT2D eigenvalue weighted by Gasteiger charge is -2.28. The average Bonchev–Trinajstić information content (AvgIpc) is 2.42. The maximum Gasteiger partial charge on any atom is 0.252 e. The minimum Gasteiger partial charge on any atom is -0.340 e. The lowest BCUT2D eigenvalue weighted by Crippen LogP contribution is -2.53. The lowest BCUT2D eigenvalue weighted by molar-refractivity contribution is -0.147. The van der Waals surface area contributed by atoms with Crippen molar-refractivity contribution in [2.75, 3.05) is 7.05 Å². The molecule has 1 unspecified atom stereocenters. The zero-order chi connectivity index (χ0) is 14.9. The highest BCUT2D eigenvalue weighted by Gasteiger charge is 2.32. The topological polar surface area (TPSA) is 88.5 Å². The number of nitrogens with one attached hydrogen (secondary N) is 1. The first-order valence-electron chi connectivity index (χ1n) is 6.18. The lowest BCUT2D eigenvalue weighted by atomic mass is 10.0. The number of amides is 3. The number of aryl methyl sites for hydroxylation is 1. The third-order valence-corrected chi connectivity index (χ3v) is 3.32. The molecule has 106 valence electrons. The number of likely N-dealkylation sites (tertiary alicyclic amines) is 1. The van der Waals surface area contributed by atoms with Crippen molar-refractivity contribution < 1.29 is 14.4 Å². The molecule has 1 aliphatic rings. The van der Waals surface area contributed by atoms with E-state index in [9.17, 15) is 19.2 Å². The summed E-state index contributed by atoms with van der Waals surface area (Å²) in [7, 11) is 2.97. The van der Waals surface area contributed by atoms with Crippen LogP contribution in [0.3, 0.4) is 0 Å². The molecule has 1 fully saturated rings. The summed E-state index contributed by atoms with van der Waals surface area (Å²) in [6.45, 7) is 0. The van der Waals surface area contributed by atoms with Crippen molar-refractivity contribution in [1.82, 2.24) is 14.8 Å². The number of imide groups is 1. The highest BCUT2D eigenvalue weighted by Crippen LogP contribution is 2.12. The van der Waals surface area contributed by atoms with E-state index in [1.807, 2.05) is 0 Å². The molecule has 2 heterocycles. The third kappa shape index (κ3) is 2.61. The fourth-order valence-electron chi connectivity index (χ4n) is 1.98. The van der Waals surface area contributed by atoms with Crippen LogP contribution in [-0.4, -0.2) is 40.3 Å². The van der Waals surface area contributed by atoms with Gasteiger partial charge in [-0.25, -0.2) is 0 Å². The van der Waals surface area contributed by atoms with Crippen molar-refractivity contribution in [3.63, 3.8) is 0 Å². The van der Waals surface area contributed by atoms with E-state index < -0.39 is 17.9 Å². The van der Waals surface area contributed by atoms with Gasteiger partial charge in [0.25, 0.3) is 17.4 Å². The van der Waals surface area contributed by atoms with Crippen LogP contribution in [0.25, 0.3) is 0 Å². The summed E-state index contributed by atoms with van der Waals surface area (Å²) >= 11 is 0. The van der Waals surface area contributed by atoms with Crippen molar-refractivity contribution in [3.8, 4) is 0 Å². The molecule has 7 nitrogen and oxygen atoms in total. The number of hydrogen-bond acceptors (Lipinski definition) is 4. The minimum atomic E-state index is -0.728. The van der Waals surface area contributed by atoms with Crippen LogP contribution in [0.1, 0.15) is 23.2 Å². The second kappa shape index (κ2) is 5.28. The zero-order valence-electron chi connectivity index (χ0n) is 11.3. The molecule has 0 aliphatic carbocycles.